The van der Waals surface area contributed by atoms with Crippen LogP contribution in [0.25, 0.3) is 0 Å². The molecule has 1 saturated heterocycles. The zero-order valence-corrected chi connectivity index (χ0v) is 25.1. The number of carbonyl (C=O) groups excluding carboxylic acids is 3. The minimum Gasteiger partial charge on any atom is -0.447 e. The first kappa shape index (κ1) is 31.7. The van der Waals surface area contributed by atoms with Gasteiger partial charge in [0.1, 0.15) is 12.6 Å². The van der Waals surface area contributed by atoms with E-state index < -0.39 is 23.4 Å². The third kappa shape index (κ3) is 9.39. The fraction of sp³-hybridized carbons (Fsp3) is 0.438. The number of aromatic nitrogens is 2. The zero-order valence-electron chi connectivity index (χ0n) is 25.1. The standard InChI is InChI=1S/C32H42N6O5/c1-23-14-16-37(17-15-23)31(41)43-21-27(25-12-8-5-9-13-25)38-18-28(34-22-38)36-29(39)26(35-30(40)32(2,3)33)20-42-19-24-10-6-4-7-11-24/h4-13,18,22-23,26-27H,14-17,19-21,33H2,1-3H3,(H,35,40)(H,36,39). The van der Waals surface area contributed by atoms with Crippen molar-refractivity contribution in [3.8, 4) is 0 Å². The number of carbonyl (C=O) groups is 3. The van der Waals surface area contributed by atoms with Gasteiger partial charge in [0.25, 0.3) is 5.91 Å². The predicted molar refractivity (Wildman–Crippen MR) is 163 cm³/mol. The molecule has 2 unspecified atom stereocenters. The van der Waals surface area contributed by atoms with Gasteiger partial charge < -0.3 is 35.3 Å². The molecule has 1 aromatic heterocycles. The topological polar surface area (TPSA) is 141 Å². The minimum absolute atomic E-state index is 0.0683. The molecule has 11 nitrogen and oxygen atoms in total. The second-order valence-electron chi connectivity index (χ2n) is 11.6. The molecule has 2 heterocycles. The van der Waals surface area contributed by atoms with Crippen LogP contribution in [0, 0.1) is 5.92 Å². The maximum Gasteiger partial charge on any atom is 0.409 e. The third-order valence-electron chi connectivity index (χ3n) is 7.41. The molecule has 0 bridgehead atoms. The summed E-state index contributed by atoms with van der Waals surface area (Å²) in [6.45, 7) is 6.98. The van der Waals surface area contributed by atoms with Crippen molar-refractivity contribution in [2.75, 3.05) is 31.6 Å². The Hall–Kier alpha value is -4.22. The zero-order chi connectivity index (χ0) is 30.8. The average molecular weight is 591 g/mol. The van der Waals surface area contributed by atoms with Gasteiger partial charge in [0, 0.05) is 19.3 Å². The fourth-order valence-electron chi connectivity index (χ4n) is 4.64. The lowest BCUT2D eigenvalue weighted by Gasteiger charge is -2.30. The molecular weight excluding hydrogens is 548 g/mol. The van der Waals surface area contributed by atoms with Crippen LogP contribution in [0.3, 0.4) is 0 Å². The first-order valence-corrected chi connectivity index (χ1v) is 14.6. The highest BCUT2D eigenvalue weighted by Gasteiger charge is 2.29. The Labute approximate surface area is 252 Å². The van der Waals surface area contributed by atoms with Gasteiger partial charge in [-0.1, -0.05) is 67.6 Å². The molecule has 2 atom stereocenters. The van der Waals surface area contributed by atoms with E-state index in [-0.39, 0.29) is 37.8 Å². The molecule has 43 heavy (non-hydrogen) atoms. The Balaban J connectivity index is 1.43. The van der Waals surface area contributed by atoms with E-state index in [0.29, 0.717) is 19.0 Å². The second kappa shape index (κ2) is 14.8. The molecule has 1 fully saturated rings. The highest BCUT2D eigenvalue weighted by Crippen LogP contribution is 2.22. The number of piperidine rings is 1. The van der Waals surface area contributed by atoms with Crippen LogP contribution in [0.5, 0.6) is 0 Å². The number of nitrogens with two attached hydrogens (primary N) is 1. The van der Waals surface area contributed by atoms with Gasteiger partial charge in [0.2, 0.25) is 5.91 Å². The molecule has 4 rings (SSSR count). The first-order valence-electron chi connectivity index (χ1n) is 14.6. The van der Waals surface area contributed by atoms with Gasteiger partial charge in [-0.15, -0.1) is 0 Å². The van der Waals surface area contributed by atoms with E-state index in [0.717, 1.165) is 24.0 Å². The van der Waals surface area contributed by atoms with Crippen LogP contribution in [0.1, 0.15) is 50.8 Å². The van der Waals surface area contributed by atoms with Crippen molar-refractivity contribution in [1.82, 2.24) is 19.8 Å². The molecule has 1 aliphatic rings. The molecule has 2 aromatic carbocycles. The summed E-state index contributed by atoms with van der Waals surface area (Å²) in [6.07, 6.45) is 4.83. The van der Waals surface area contributed by atoms with Gasteiger partial charge in [-0.2, -0.15) is 0 Å². The highest BCUT2D eigenvalue weighted by atomic mass is 16.6. The molecule has 0 aliphatic carbocycles. The van der Waals surface area contributed by atoms with E-state index in [9.17, 15) is 14.4 Å². The van der Waals surface area contributed by atoms with E-state index in [1.165, 1.54) is 0 Å². The van der Waals surface area contributed by atoms with E-state index in [4.69, 9.17) is 15.2 Å². The largest absolute Gasteiger partial charge is 0.447 e. The smallest absolute Gasteiger partial charge is 0.409 e. The number of rotatable bonds is 12. The van der Waals surface area contributed by atoms with Crippen LogP contribution in [0.4, 0.5) is 10.6 Å². The molecule has 0 saturated carbocycles. The summed E-state index contributed by atoms with van der Waals surface area (Å²) >= 11 is 0. The lowest BCUT2D eigenvalue weighted by Crippen LogP contribution is -2.56. The van der Waals surface area contributed by atoms with Crippen LogP contribution in [-0.4, -0.2) is 70.2 Å². The molecule has 4 N–H and O–H groups in total. The summed E-state index contributed by atoms with van der Waals surface area (Å²) < 4.78 is 13.3. The first-order chi connectivity index (χ1) is 20.6. The van der Waals surface area contributed by atoms with Gasteiger partial charge in [-0.3, -0.25) is 9.59 Å². The lowest BCUT2D eigenvalue weighted by molar-refractivity contribution is -0.130. The predicted octanol–water partition coefficient (Wildman–Crippen LogP) is 3.72. The van der Waals surface area contributed by atoms with Gasteiger partial charge in [0.15, 0.2) is 5.82 Å². The maximum absolute atomic E-state index is 13.3. The van der Waals surface area contributed by atoms with Crippen LogP contribution in [-0.2, 0) is 25.7 Å². The molecule has 0 radical (unpaired) electrons. The number of benzene rings is 2. The molecule has 11 heteroatoms. The van der Waals surface area contributed by atoms with E-state index >= 15 is 0 Å². The SMILES string of the molecule is CC1CCN(C(=O)OCC(c2ccccc2)n2cnc(NC(=O)C(COCc3ccccc3)NC(=O)C(C)(C)N)c2)CC1. The number of ether oxygens (including phenoxy) is 2. The van der Waals surface area contributed by atoms with Crippen molar-refractivity contribution in [3.05, 3.63) is 84.3 Å². The monoisotopic (exact) mass is 590 g/mol. The number of imidazole rings is 1. The summed E-state index contributed by atoms with van der Waals surface area (Å²) in [4.78, 5) is 44.9. The Morgan fingerprint density at radius 3 is 2.33 bits per heavy atom. The van der Waals surface area contributed by atoms with Crippen molar-refractivity contribution in [2.24, 2.45) is 11.7 Å². The van der Waals surface area contributed by atoms with Gasteiger partial charge in [0.05, 0.1) is 31.1 Å². The van der Waals surface area contributed by atoms with Gasteiger partial charge in [-0.25, -0.2) is 9.78 Å². The minimum atomic E-state index is -1.19. The molecule has 230 valence electrons. The fourth-order valence-corrected chi connectivity index (χ4v) is 4.64. The number of amides is 3. The summed E-state index contributed by atoms with van der Waals surface area (Å²) in [6, 6.07) is 17.8. The van der Waals surface area contributed by atoms with Crippen molar-refractivity contribution in [3.63, 3.8) is 0 Å². The van der Waals surface area contributed by atoms with Gasteiger partial charge in [-0.05, 0) is 43.7 Å². The molecule has 1 aliphatic heterocycles. The van der Waals surface area contributed by atoms with E-state index in [1.54, 1.807) is 35.8 Å². The van der Waals surface area contributed by atoms with Crippen LogP contribution >= 0.6 is 0 Å². The summed E-state index contributed by atoms with van der Waals surface area (Å²) in [5.74, 6) is -0.115. The maximum atomic E-state index is 13.3. The number of likely N-dealkylation sites (tertiary alicyclic amines) is 1. The number of hydrogen-bond acceptors (Lipinski definition) is 7. The quantitative estimate of drug-likeness (QED) is 0.292. The lowest BCUT2D eigenvalue weighted by atomic mass is 10.00. The summed E-state index contributed by atoms with van der Waals surface area (Å²) in [7, 11) is 0. The number of anilines is 1. The van der Waals surface area contributed by atoms with Crippen molar-refractivity contribution >= 4 is 23.7 Å². The normalized spacial score (nSPS) is 15.4. The number of hydrogen-bond donors (Lipinski definition) is 3. The Morgan fingerprint density at radius 1 is 1.02 bits per heavy atom. The molecule has 3 aromatic rings. The Morgan fingerprint density at radius 2 is 1.67 bits per heavy atom. The molecule has 3 amide bonds. The summed E-state index contributed by atoms with van der Waals surface area (Å²) in [5.41, 5.74) is 6.62. The number of nitrogens with one attached hydrogen (secondary N) is 2. The van der Waals surface area contributed by atoms with Crippen LogP contribution < -0.4 is 16.4 Å². The van der Waals surface area contributed by atoms with Crippen molar-refractivity contribution in [2.45, 2.75) is 57.8 Å². The number of nitrogens with zero attached hydrogens (tertiary/aromatic N) is 3. The van der Waals surface area contributed by atoms with Crippen LogP contribution in [0.15, 0.2) is 73.2 Å². The average Bonchev–Trinajstić information content (AvgIpc) is 3.45. The second-order valence-corrected chi connectivity index (χ2v) is 11.6. The van der Waals surface area contributed by atoms with Crippen molar-refractivity contribution < 1.29 is 23.9 Å². The Kier molecular flexibility index (Phi) is 10.9. The van der Waals surface area contributed by atoms with Crippen molar-refractivity contribution in [1.29, 1.82) is 0 Å². The Bertz CT molecular complexity index is 1330. The van der Waals surface area contributed by atoms with E-state index in [2.05, 4.69) is 22.5 Å². The van der Waals surface area contributed by atoms with E-state index in [1.807, 2.05) is 60.7 Å². The highest BCUT2D eigenvalue weighted by molar-refractivity contribution is 5.98. The summed E-state index contributed by atoms with van der Waals surface area (Å²) in [5, 5.41) is 5.46. The van der Waals surface area contributed by atoms with Gasteiger partial charge >= 0.3 is 6.09 Å². The molecule has 0 spiro atoms. The molecular formula is C32H42N6O5. The van der Waals surface area contributed by atoms with Crippen LogP contribution in [0.2, 0.25) is 0 Å². The third-order valence-corrected chi connectivity index (χ3v) is 7.41.